The molecular formula is C21H22N4O2S2. The summed E-state index contributed by atoms with van der Waals surface area (Å²) in [4.78, 5) is 18.4. The fourth-order valence-corrected chi connectivity index (χ4v) is 5.01. The third kappa shape index (κ3) is 3.95. The Balaban J connectivity index is 1.66. The zero-order valence-electron chi connectivity index (χ0n) is 16.5. The Morgan fingerprint density at radius 3 is 2.83 bits per heavy atom. The van der Waals surface area contributed by atoms with Gasteiger partial charge in [-0.1, -0.05) is 42.1 Å². The van der Waals surface area contributed by atoms with Crippen molar-refractivity contribution in [2.45, 2.75) is 37.7 Å². The highest BCUT2D eigenvalue weighted by Crippen LogP contribution is 2.38. The maximum absolute atomic E-state index is 12.7. The number of rotatable bonds is 6. The van der Waals surface area contributed by atoms with Crippen LogP contribution >= 0.6 is 23.1 Å². The summed E-state index contributed by atoms with van der Waals surface area (Å²) < 4.78 is 7.12. The van der Waals surface area contributed by atoms with Crippen molar-refractivity contribution in [3.8, 4) is 0 Å². The SMILES string of the molecule is CCOC(=O)C1=C(C)Nc2nc(SCc3ccccc3C)nn2[C@@H]1c1cccs1. The van der Waals surface area contributed by atoms with Crippen LogP contribution in [0.2, 0.25) is 0 Å². The van der Waals surface area contributed by atoms with Crippen LogP contribution in [0.25, 0.3) is 0 Å². The van der Waals surface area contributed by atoms with Gasteiger partial charge in [0.05, 0.1) is 12.2 Å². The number of hydrogen-bond donors (Lipinski definition) is 1. The quantitative estimate of drug-likeness (QED) is 0.451. The molecule has 4 rings (SSSR count). The van der Waals surface area contributed by atoms with E-state index < -0.39 is 0 Å². The van der Waals surface area contributed by atoms with Crippen molar-refractivity contribution in [2.24, 2.45) is 0 Å². The number of thioether (sulfide) groups is 1. The summed E-state index contributed by atoms with van der Waals surface area (Å²) in [6, 6.07) is 12.0. The molecule has 3 aromatic rings. The molecule has 1 aliphatic heterocycles. The van der Waals surface area contributed by atoms with E-state index in [1.54, 1.807) is 27.8 Å². The highest BCUT2D eigenvalue weighted by molar-refractivity contribution is 7.98. The minimum Gasteiger partial charge on any atom is -0.463 e. The molecule has 6 nitrogen and oxygen atoms in total. The van der Waals surface area contributed by atoms with Crippen LogP contribution in [-0.2, 0) is 15.3 Å². The predicted octanol–water partition coefficient (Wildman–Crippen LogP) is 4.79. The number of anilines is 1. The molecule has 29 heavy (non-hydrogen) atoms. The van der Waals surface area contributed by atoms with Crippen LogP contribution in [0.3, 0.4) is 0 Å². The highest BCUT2D eigenvalue weighted by Gasteiger charge is 2.35. The van der Waals surface area contributed by atoms with Gasteiger partial charge in [-0.05, 0) is 43.3 Å². The minimum absolute atomic E-state index is 0.328. The molecule has 2 aromatic heterocycles. The van der Waals surface area contributed by atoms with Crippen molar-refractivity contribution >= 4 is 35.0 Å². The largest absolute Gasteiger partial charge is 0.463 e. The average Bonchev–Trinajstić information content (AvgIpc) is 3.36. The number of benzene rings is 1. The second-order valence-electron chi connectivity index (χ2n) is 6.68. The monoisotopic (exact) mass is 426 g/mol. The second kappa shape index (κ2) is 8.42. The maximum atomic E-state index is 12.7. The minimum atomic E-state index is -0.342. The van der Waals surface area contributed by atoms with Gasteiger partial charge in [-0.15, -0.1) is 16.4 Å². The van der Waals surface area contributed by atoms with Gasteiger partial charge in [-0.25, -0.2) is 9.48 Å². The van der Waals surface area contributed by atoms with Crippen molar-refractivity contribution in [2.75, 3.05) is 11.9 Å². The number of aryl methyl sites for hydroxylation is 1. The smallest absolute Gasteiger partial charge is 0.338 e. The van der Waals surface area contributed by atoms with Crippen LogP contribution in [0.15, 0.2) is 58.2 Å². The summed E-state index contributed by atoms with van der Waals surface area (Å²) in [5.41, 5.74) is 3.83. The van der Waals surface area contributed by atoms with E-state index in [2.05, 4.69) is 29.4 Å². The number of carbonyl (C=O) groups is 1. The average molecular weight is 427 g/mol. The van der Waals surface area contributed by atoms with Gasteiger partial charge in [0.2, 0.25) is 11.1 Å². The number of allylic oxidation sites excluding steroid dienone is 1. The van der Waals surface area contributed by atoms with Crippen molar-refractivity contribution in [1.29, 1.82) is 0 Å². The first-order valence-electron chi connectivity index (χ1n) is 9.40. The van der Waals surface area contributed by atoms with E-state index in [4.69, 9.17) is 9.84 Å². The predicted molar refractivity (Wildman–Crippen MR) is 116 cm³/mol. The number of nitrogens with zero attached hydrogens (tertiary/aromatic N) is 3. The molecule has 0 saturated heterocycles. The lowest BCUT2D eigenvalue weighted by molar-refractivity contribution is -0.139. The van der Waals surface area contributed by atoms with E-state index in [0.717, 1.165) is 16.3 Å². The van der Waals surface area contributed by atoms with Gasteiger partial charge in [0, 0.05) is 16.3 Å². The molecule has 0 fully saturated rings. The molecule has 1 aliphatic rings. The lowest BCUT2D eigenvalue weighted by Gasteiger charge is -2.26. The first-order valence-corrected chi connectivity index (χ1v) is 11.3. The number of esters is 1. The zero-order chi connectivity index (χ0) is 20.4. The Kier molecular flexibility index (Phi) is 5.73. The van der Waals surface area contributed by atoms with E-state index in [1.807, 2.05) is 43.5 Å². The van der Waals surface area contributed by atoms with Crippen LogP contribution in [0.5, 0.6) is 0 Å². The number of nitrogens with one attached hydrogen (secondary N) is 1. The van der Waals surface area contributed by atoms with E-state index in [0.29, 0.717) is 23.3 Å². The molecule has 8 heteroatoms. The number of hydrogen-bond acceptors (Lipinski definition) is 7. The van der Waals surface area contributed by atoms with Gasteiger partial charge in [-0.2, -0.15) is 4.98 Å². The molecule has 0 unspecified atom stereocenters. The molecule has 0 radical (unpaired) electrons. The number of aromatic nitrogens is 3. The van der Waals surface area contributed by atoms with Crippen molar-refractivity contribution in [3.05, 3.63) is 69.1 Å². The van der Waals surface area contributed by atoms with Gasteiger partial charge in [0.1, 0.15) is 6.04 Å². The molecule has 1 aromatic carbocycles. The summed E-state index contributed by atoms with van der Waals surface area (Å²) in [7, 11) is 0. The molecule has 150 valence electrons. The third-order valence-electron chi connectivity index (χ3n) is 4.76. The Bertz CT molecular complexity index is 1060. The number of fused-ring (bicyclic) bond motifs is 1. The van der Waals surface area contributed by atoms with Gasteiger partial charge in [-0.3, -0.25) is 0 Å². The molecule has 0 spiro atoms. The molecule has 0 aliphatic carbocycles. The molecule has 1 atom stereocenters. The van der Waals surface area contributed by atoms with E-state index in [-0.39, 0.29) is 12.0 Å². The first kappa shape index (κ1) is 19.7. The summed E-state index contributed by atoms with van der Waals surface area (Å²) in [5.74, 6) is 1.10. The molecule has 3 heterocycles. The summed E-state index contributed by atoms with van der Waals surface area (Å²) >= 11 is 3.18. The summed E-state index contributed by atoms with van der Waals surface area (Å²) in [6.45, 7) is 6.12. The topological polar surface area (TPSA) is 69.0 Å². The third-order valence-corrected chi connectivity index (χ3v) is 6.57. The molecule has 0 bridgehead atoms. The first-order chi connectivity index (χ1) is 14.1. The van der Waals surface area contributed by atoms with E-state index >= 15 is 0 Å². The fraction of sp³-hybridized carbons (Fsp3) is 0.286. The molecule has 0 amide bonds. The van der Waals surface area contributed by atoms with Gasteiger partial charge in [0.25, 0.3) is 0 Å². The second-order valence-corrected chi connectivity index (χ2v) is 8.60. The number of carbonyl (C=O) groups excluding carboxylic acids is 1. The lowest BCUT2D eigenvalue weighted by atomic mass is 10.0. The van der Waals surface area contributed by atoms with Crippen LogP contribution in [-0.4, -0.2) is 27.3 Å². The van der Waals surface area contributed by atoms with E-state index in [1.165, 1.54) is 11.1 Å². The van der Waals surface area contributed by atoms with Crippen LogP contribution in [0, 0.1) is 6.92 Å². The molecule has 0 saturated carbocycles. The summed E-state index contributed by atoms with van der Waals surface area (Å²) in [5, 5.41) is 10.6. The highest BCUT2D eigenvalue weighted by atomic mass is 32.2. The standard InChI is InChI=1S/C21H22N4O2S2/c1-4-27-19(26)17-14(3)22-20-23-21(29-12-15-9-6-5-8-13(15)2)24-25(20)18(17)16-10-7-11-28-16/h5-11,18H,4,12H2,1-3H3,(H,22,23,24)/t18-/m1/s1. The Labute approximate surface area is 178 Å². The Hall–Kier alpha value is -2.58. The number of ether oxygens (including phenoxy) is 1. The lowest BCUT2D eigenvalue weighted by Crippen LogP contribution is -2.29. The summed E-state index contributed by atoms with van der Waals surface area (Å²) in [6.07, 6.45) is 0. The van der Waals surface area contributed by atoms with Crippen molar-refractivity contribution in [1.82, 2.24) is 14.8 Å². The van der Waals surface area contributed by atoms with Crippen LogP contribution in [0.1, 0.15) is 35.9 Å². The van der Waals surface area contributed by atoms with E-state index in [9.17, 15) is 4.79 Å². The van der Waals surface area contributed by atoms with Crippen LogP contribution < -0.4 is 5.32 Å². The Morgan fingerprint density at radius 2 is 2.10 bits per heavy atom. The van der Waals surface area contributed by atoms with Gasteiger partial charge < -0.3 is 10.1 Å². The van der Waals surface area contributed by atoms with Crippen molar-refractivity contribution < 1.29 is 9.53 Å². The van der Waals surface area contributed by atoms with Gasteiger partial charge >= 0.3 is 5.97 Å². The molecular weight excluding hydrogens is 404 g/mol. The normalized spacial score (nSPS) is 15.8. The Morgan fingerprint density at radius 1 is 1.28 bits per heavy atom. The van der Waals surface area contributed by atoms with Crippen LogP contribution in [0.4, 0.5) is 5.95 Å². The fourth-order valence-electron chi connectivity index (χ4n) is 3.29. The maximum Gasteiger partial charge on any atom is 0.338 e. The number of thiophene rings is 1. The van der Waals surface area contributed by atoms with Crippen molar-refractivity contribution in [3.63, 3.8) is 0 Å². The van der Waals surface area contributed by atoms with Gasteiger partial charge in [0.15, 0.2) is 0 Å². The zero-order valence-corrected chi connectivity index (χ0v) is 18.1. The molecule has 1 N–H and O–H groups in total.